The molecular weight excluding hydrogens is 562 g/mol. The molecule has 0 bridgehead atoms. The zero-order chi connectivity index (χ0) is 30.4. The number of ether oxygens (including phenoxy) is 3. The molecule has 0 saturated carbocycles. The van der Waals surface area contributed by atoms with Gasteiger partial charge in [-0.15, -0.1) is 0 Å². The molecule has 1 unspecified atom stereocenters. The highest BCUT2D eigenvalue weighted by Gasteiger charge is 2.57. The third-order valence-electron chi connectivity index (χ3n) is 7.58. The summed E-state index contributed by atoms with van der Waals surface area (Å²) in [4.78, 5) is 29.5. The summed E-state index contributed by atoms with van der Waals surface area (Å²) in [5.41, 5.74) is 0.0314. The zero-order valence-electron chi connectivity index (χ0n) is 22.6. The van der Waals surface area contributed by atoms with Gasteiger partial charge in [-0.3, -0.25) is 9.59 Å². The number of carbonyl (C=O) groups is 2. The van der Waals surface area contributed by atoms with Crippen LogP contribution in [0, 0.1) is 5.82 Å². The molecule has 3 aromatic rings. The highest BCUT2D eigenvalue weighted by Crippen LogP contribution is 2.47. The van der Waals surface area contributed by atoms with Gasteiger partial charge in [-0.25, -0.2) is 9.37 Å². The average molecular weight is 590 g/mol. The number of alkyl halides is 3. The van der Waals surface area contributed by atoms with Gasteiger partial charge in [0.05, 0.1) is 26.0 Å². The Balaban J connectivity index is 1.57. The van der Waals surface area contributed by atoms with Crippen molar-refractivity contribution in [1.82, 2.24) is 10.3 Å². The molecule has 1 aromatic heterocycles. The van der Waals surface area contributed by atoms with Gasteiger partial charge in [0.2, 0.25) is 11.5 Å². The van der Waals surface area contributed by atoms with E-state index in [2.05, 4.69) is 10.3 Å². The topological polar surface area (TPSA) is 133 Å². The molecule has 2 aliphatic rings. The molecule has 42 heavy (non-hydrogen) atoms. The van der Waals surface area contributed by atoms with E-state index in [0.717, 1.165) is 18.2 Å². The number of aliphatic hydroxyl groups is 1. The SMILES string of the molecule is COc1cc(C(=O)NCC(O)(c2cc3c(c(-c4ccc(F)cc4)n2)OC[C@]3(C)C(N)=O)C(F)(F)F)cc2c1OCCC2. The van der Waals surface area contributed by atoms with Crippen molar-refractivity contribution in [1.29, 1.82) is 0 Å². The molecule has 9 nitrogen and oxygen atoms in total. The summed E-state index contributed by atoms with van der Waals surface area (Å²) in [5, 5.41) is 13.4. The Kier molecular flexibility index (Phi) is 7.25. The monoisotopic (exact) mass is 589 g/mol. The summed E-state index contributed by atoms with van der Waals surface area (Å²) >= 11 is 0. The first-order valence-electron chi connectivity index (χ1n) is 12.9. The number of hydrogen-bond acceptors (Lipinski definition) is 7. The largest absolute Gasteiger partial charge is 0.493 e. The van der Waals surface area contributed by atoms with E-state index in [1.54, 1.807) is 0 Å². The van der Waals surface area contributed by atoms with Gasteiger partial charge in [0, 0.05) is 16.7 Å². The van der Waals surface area contributed by atoms with Gasteiger partial charge in [0.15, 0.2) is 11.5 Å². The lowest BCUT2D eigenvalue weighted by atomic mass is 9.81. The maximum absolute atomic E-state index is 14.6. The van der Waals surface area contributed by atoms with E-state index in [1.165, 1.54) is 38.3 Å². The van der Waals surface area contributed by atoms with Crippen molar-refractivity contribution in [3.05, 3.63) is 70.7 Å². The Hall–Kier alpha value is -4.39. The quantitative estimate of drug-likeness (QED) is 0.359. The fraction of sp³-hybridized carbons (Fsp3) is 0.345. The van der Waals surface area contributed by atoms with E-state index in [4.69, 9.17) is 19.9 Å². The molecule has 2 atom stereocenters. The van der Waals surface area contributed by atoms with Crippen LogP contribution in [0.4, 0.5) is 17.6 Å². The van der Waals surface area contributed by atoms with Crippen molar-refractivity contribution >= 4 is 11.8 Å². The molecule has 222 valence electrons. The normalized spacial score (nSPS) is 19.0. The lowest BCUT2D eigenvalue weighted by Gasteiger charge is -2.31. The van der Waals surface area contributed by atoms with Crippen LogP contribution in [0.3, 0.4) is 0 Å². The molecule has 0 radical (unpaired) electrons. The number of halogens is 4. The van der Waals surface area contributed by atoms with Crippen LogP contribution in [0.5, 0.6) is 17.2 Å². The molecule has 3 heterocycles. The number of nitrogens with two attached hydrogens (primary N) is 1. The van der Waals surface area contributed by atoms with E-state index in [0.29, 0.717) is 30.8 Å². The smallest absolute Gasteiger partial charge is 0.424 e. The highest BCUT2D eigenvalue weighted by molar-refractivity contribution is 5.95. The van der Waals surface area contributed by atoms with E-state index in [9.17, 15) is 32.3 Å². The Morgan fingerprint density at radius 3 is 2.50 bits per heavy atom. The summed E-state index contributed by atoms with van der Waals surface area (Å²) < 4.78 is 74.1. The van der Waals surface area contributed by atoms with Gasteiger partial charge in [-0.2, -0.15) is 13.2 Å². The molecule has 5 rings (SSSR count). The molecule has 0 aliphatic carbocycles. The first kappa shape index (κ1) is 29.1. The number of carbonyl (C=O) groups excluding carboxylic acids is 2. The molecule has 2 aromatic carbocycles. The Morgan fingerprint density at radius 1 is 1.14 bits per heavy atom. The van der Waals surface area contributed by atoms with Gasteiger partial charge >= 0.3 is 6.18 Å². The molecule has 2 aliphatic heterocycles. The molecule has 13 heteroatoms. The number of amides is 2. The van der Waals surface area contributed by atoms with Crippen LogP contribution in [0.15, 0.2) is 42.5 Å². The number of rotatable bonds is 7. The van der Waals surface area contributed by atoms with E-state index in [-0.39, 0.29) is 40.5 Å². The minimum absolute atomic E-state index is 0.00393. The van der Waals surface area contributed by atoms with Crippen molar-refractivity contribution in [3.8, 4) is 28.5 Å². The van der Waals surface area contributed by atoms with Gasteiger partial charge in [-0.1, -0.05) is 0 Å². The van der Waals surface area contributed by atoms with Crippen LogP contribution < -0.4 is 25.3 Å². The summed E-state index contributed by atoms with van der Waals surface area (Å²) in [7, 11) is 1.37. The van der Waals surface area contributed by atoms with Crippen LogP contribution in [-0.4, -0.2) is 54.9 Å². The van der Waals surface area contributed by atoms with Crippen molar-refractivity contribution in [2.75, 3.05) is 26.9 Å². The van der Waals surface area contributed by atoms with Gasteiger partial charge in [-0.05, 0) is 67.8 Å². The number of aromatic nitrogens is 1. The number of pyridine rings is 1. The second-order valence-corrected chi connectivity index (χ2v) is 10.4. The van der Waals surface area contributed by atoms with Gasteiger partial charge < -0.3 is 30.4 Å². The third-order valence-corrected chi connectivity index (χ3v) is 7.58. The minimum atomic E-state index is -5.34. The third kappa shape index (κ3) is 4.87. The fourth-order valence-electron chi connectivity index (χ4n) is 4.98. The number of hydrogen-bond donors (Lipinski definition) is 3. The molecular formula is C29H27F4N3O6. The highest BCUT2D eigenvalue weighted by atomic mass is 19.4. The first-order chi connectivity index (χ1) is 19.8. The number of fused-ring (bicyclic) bond motifs is 2. The second-order valence-electron chi connectivity index (χ2n) is 10.4. The van der Waals surface area contributed by atoms with Crippen LogP contribution >= 0.6 is 0 Å². The zero-order valence-corrected chi connectivity index (χ0v) is 22.6. The van der Waals surface area contributed by atoms with Crippen LogP contribution in [0.25, 0.3) is 11.3 Å². The summed E-state index contributed by atoms with van der Waals surface area (Å²) in [6.45, 7) is 0.234. The lowest BCUT2D eigenvalue weighted by molar-refractivity contribution is -0.265. The predicted molar refractivity (Wildman–Crippen MR) is 141 cm³/mol. The van der Waals surface area contributed by atoms with Crippen LogP contribution in [-0.2, 0) is 22.2 Å². The number of methoxy groups -OCH3 is 1. The molecule has 0 spiro atoms. The average Bonchev–Trinajstić information content (AvgIpc) is 3.32. The predicted octanol–water partition coefficient (Wildman–Crippen LogP) is 3.54. The lowest BCUT2D eigenvalue weighted by Crippen LogP contribution is -2.51. The van der Waals surface area contributed by atoms with Crippen molar-refractivity contribution in [3.63, 3.8) is 0 Å². The number of nitrogens with zero attached hydrogens (tertiary/aromatic N) is 1. The molecule has 0 fully saturated rings. The second kappa shape index (κ2) is 10.5. The van der Waals surface area contributed by atoms with Gasteiger partial charge in [0.25, 0.3) is 5.91 Å². The van der Waals surface area contributed by atoms with E-state index >= 15 is 0 Å². The Labute approximate surface area is 237 Å². The first-order valence-corrected chi connectivity index (χ1v) is 12.9. The summed E-state index contributed by atoms with van der Waals surface area (Å²) in [6.07, 6.45) is -4.08. The van der Waals surface area contributed by atoms with Gasteiger partial charge in [0.1, 0.15) is 29.3 Å². The summed E-state index contributed by atoms with van der Waals surface area (Å²) in [6, 6.07) is 8.42. The van der Waals surface area contributed by atoms with Crippen molar-refractivity contribution in [2.45, 2.75) is 37.0 Å². The molecule has 0 saturated heterocycles. The number of aryl methyl sites for hydroxylation is 1. The maximum atomic E-state index is 14.6. The Bertz CT molecular complexity index is 1550. The van der Waals surface area contributed by atoms with Crippen molar-refractivity contribution < 1.29 is 46.5 Å². The van der Waals surface area contributed by atoms with Crippen molar-refractivity contribution in [2.24, 2.45) is 5.73 Å². The summed E-state index contributed by atoms with van der Waals surface area (Å²) in [5.74, 6) is -1.70. The maximum Gasteiger partial charge on any atom is 0.424 e. The molecule has 2 amide bonds. The van der Waals surface area contributed by atoms with Crippen LogP contribution in [0.2, 0.25) is 0 Å². The molecule has 4 N–H and O–H groups in total. The number of primary amides is 1. The standard InChI is InChI=1S/C29H27F4N3O6/c1-27(26(34)38)14-42-24-19(27)12-21(36-22(24)15-5-7-18(30)8-6-15)28(39,29(31,32)33)13-35-25(37)17-10-16-4-3-9-41-23(16)20(11-17)40-2/h5-8,10-12,39H,3-4,9,13-14H2,1-2H3,(H2,34,38)(H,35,37)/t27-,28?/m0/s1. The minimum Gasteiger partial charge on any atom is -0.493 e. The fourth-order valence-corrected chi connectivity index (χ4v) is 4.98. The number of nitrogens with one attached hydrogen (secondary N) is 1. The van der Waals surface area contributed by atoms with Crippen LogP contribution in [0.1, 0.15) is 40.5 Å². The van der Waals surface area contributed by atoms with E-state index in [1.807, 2.05) is 0 Å². The Morgan fingerprint density at radius 2 is 1.86 bits per heavy atom. The van der Waals surface area contributed by atoms with E-state index < -0.39 is 47.1 Å². The number of benzene rings is 2.